The molecule has 3 nitrogen and oxygen atoms in total. The van der Waals surface area contributed by atoms with Crippen LogP contribution in [0.5, 0.6) is 0 Å². The molecule has 0 unspecified atom stereocenters. The van der Waals surface area contributed by atoms with Crippen molar-refractivity contribution >= 4 is 5.69 Å². The smallest absolute Gasteiger partial charge is 0.0747 e. The molecule has 2 aromatic carbocycles. The number of aliphatic hydroxyl groups is 1. The average Bonchev–Trinajstić information content (AvgIpc) is 2.68. The van der Waals surface area contributed by atoms with E-state index in [2.05, 4.69) is 47.8 Å². The summed E-state index contributed by atoms with van der Waals surface area (Å²) in [7, 11) is 0. The number of hydrogen-bond donors (Lipinski definition) is 3. The first-order chi connectivity index (χ1) is 12.7. The van der Waals surface area contributed by atoms with Crippen LogP contribution in [-0.4, -0.2) is 17.3 Å². The van der Waals surface area contributed by atoms with Crippen LogP contribution in [0, 0.1) is 0 Å². The van der Waals surface area contributed by atoms with E-state index >= 15 is 0 Å². The van der Waals surface area contributed by atoms with Crippen molar-refractivity contribution < 1.29 is 5.11 Å². The molecule has 1 fully saturated rings. The van der Waals surface area contributed by atoms with Crippen LogP contribution in [0.1, 0.15) is 55.2 Å². The van der Waals surface area contributed by atoms with Gasteiger partial charge in [-0.2, -0.15) is 0 Å². The van der Waals surface area contributed by atoms with E-state index in [0.717, 1.165) is 50.8 Å². The Morgan fingerprint density at radius 2 is 1.81 bits per heavy atom. The Morgan fingerprint density at radius 1 is 1.00 bits per heavy atom. The number of nitrogens with one attached hydrogen (secondary N) is 1. The zero-order chi connectivity index (χ0) is 18.0. The Labute approximate surface area is 156 Å². The minimum atomic E-state index is -0.588. The largest absolute Gasteiger partial charge is 0.389 e. The quantitative estimate of drug-likeness (QED) is 0.760. The second-order valence-electron chi connectivity index (χ2n) is 8.07. The average molecular weight is 351 g/mol. The highest BCUT2D eigenvalue weighted by atomic mass is 16.3. The molecular formula is C23H30N2O. The second kappa shape index (κ2) is 7.05. The van der Waals surface area contributed by atoms with Gasteiger partial charge in [0, 0.05) is 17.6 Å². The Bertz CT molecular complexity index is 756. The molecule has 0 radical (unpaired) electrons. The van der Waals surface area contributed by atoms with Gasteiger partial charge in [-0.15, -0.1) is 0 Å². The van der Waals surface area contributed by atoms with Gasteiger partial charge in [0.1, 0.15) is 0 Å². The first-order valence-electron chi connectivity index (χ1n) is 10.0. The van der Waals surface area contributed by atoms with Crippen LogP contribution in [0.2, 0.25) is 0 Å². The third-order valence-electron chi connectivity index (χ3n) is 6.68. The molecule has 2 aromatic rings. The van der Waals surface area contributed by atoms with Crippen LogP contribution < -0.4 is 11.1 Å². The van der Waals surface area contributed by atoms with Gasteiger partial charge in [0.25, 0.3) is 0 Å². The van der Waals surface area contributed by atoms with Gasteiger partial charge in [0.2, 0.25) is 0 Å². The van der Waals surface area contributed by atoms with Crippen molar-refractivity contribution in [2.45, 2.75) is 62.5 Å². The third-order valence-corrected chi connectivity index (χ3v) is 6.68. The third kappa shape index (κ3) is 2.93. The number of fused-ring (bicyclic) bond motifs is 3. The Morgan fingerprint density at radius 3 is 2.62 bits per heavy atom. The van der Waals surface area contributed by atoms with E-state index in [1.54, 1.807) is 0 Å². The fraction of sp³-hybridized carbons (Fsp3) is 0.478. The van der Waals surface area contributed by atoms with Gasteiger partial charge >= 0.3 is 0 Å². The lowest BCUT2D eigenvalue weighted by Crippen LogP contribution is -2.57. The van der Waals surface area contributed by atoms with E-state index in [1.165, 1.54) is 23.1 Å². The molecule has 4 N–H and O–H groups in total. The number of aryl methyl sites for hydroxylation is 1. The Kier molecular flexibility index (Phi) is 4.76. The van der Waals surface area contributed by atoms with E-state index < -0.39 is 5.60 Å². The maximum Gasteiger partial charge on any atom is 0.0747 e. The zero-order valence-corrected chi connectivity index (χ0v) is 15.5. The predicted octanol–water partition coefficient (Wildman–Crippen LogP) is 4.14. The molecular weight excluding hydrogens is 320 g/mol. The van der Waals surface area contributed by atoms with Gasteiger partial charge in [-0.25, -0.2) is 0 Å². The Balaban J connectivity index is 1.66. The van der Waals surface area contributed by atoms with Crippen LogP contribution in [0.15, 0.2) is 48.5 Å². The van der Waals surface area contributed by atoms with Gasteiger partial charge in [-0.3, -0.25) is 0 Å². The number of rotatable bonds is 5. The zero-order valence-electron chi connectivity index (χ0n) is 15.5. The topological polar surface area (TPSA) is 58.3 Å². The van der Waals surface area contributed by atoms with Crippen LogP contribution >= 0.6 is 0 Å². The molecule has 2 aliphatic carbocycles. The van der Waals surface area contributed by atoms with Gasteiger partial charge < -0.3 is 16.2 Å². The fourth-order valence-electron chi connectivity index (χ4n) is 5.30. The standard InChI is InChI=1S/C23H30N2O/c24-15-14-22-11-4-5-12-23(22,26)13-10-19-8-9-20(16-21(19)22)25-17-18-6-2-1-3-7-18/h1-3,6-9,16,25-26H,4-5,10-15,17,24H2/t22-,23+/m0/s1. The Hall–Kier alpha value is -1.84. The van der Waals surface area contributed by atoms with Crippen molar-refractivity contribution in [3.63, 3.8) is 0 Å². The maximum atomic E-state index is 11.5. The summed E-state index contributed by atoms with van der Waals surface area (Å²) in [5, 5.41) is 15.1. The molecule has 0 aliphatic heterocycles. The van der Waals surface area contributed by atoms with E-state index in [1.807, 2.05) is 6.07 Å². The van der Waals surface area contributed by atoms with Crippen LogP contribution in [-0.2, 0) is 18.4 Å². The number of hydrogen-bond acceptors (Lipinski definition) is 3. The molecule has 0 saturated heterocycles. The molecule has 1 saturated carbocycles. The summed E-state index contributed by atoms with van der Waals surface area (Å²) >= 11 is 0. The maximum absolute atomic E-state index is 11.5. The lowest BCUT2D eigenvalue weighted by atomic mass is 9.53. The van der Waals surface area contributed by atoms with Crippen LogP contribution in [0.3, 0.4) is 0 Å². The van der Waals surface area contributed by atoms with Crippen molar-refractivity contribution in [1.82, 2.24) is 0 Å². The molecule has 0 aromatic heterocycles. The van der Waals surface area contributed by atoms with E-state index in [0.29, 0.717) is 6.54 Å². The number of anilines is 1. The molecule has 4 rings (SSSR count). The molecule has 0 spiro atoms. The summed E-state index contributed by atoms with van der Waals surface area (Å²) in [6, 6.07) is 17.2. The highest BCUT2D eigenvalue weighted by Gasteiger charge is 2.54. The molecule has 138 valence electrons. The van der Waals surface area contributed by atoms with Crippen molar-refractivity contribution in [2.24, 2.45) is 5.73 Å². The number of benzene rings is 2. The summed E-state index contributed by atoms with van der Waals surface area (Å²) in [6.07, 6.45) is 6.99. The van der Waals surface area contributed by atoms with Crippen LogP contribution in [0.25, 0.3) is 0 Å². The summed E-state index contributed by atoms with van der Waals surface area (Å²) in [4.78, 5) is 0. The van der Waals surface area contributed by atoms with Crippen LogP contribution in [0.4, 0.5) is 5.69 Å². The number of nitrogens with two attached hydrogens (primary N) is 1. The molecule has 2 aliphatic rings. The lowest BCUT2D eigenvalue weighted by molar-refractivity contribution is -0.0861. The molecule has 3 heteroatoms. The highest BCUT2D eigenvalue weighted by Crippen LogP contribution is 2.54. The highest BCUT2D eigenvalue weighted by molar-refractivity contribution is 5.54. The van der Waals surface area contributed by atoms with Gasteiger partial charge in [0.15, 0.2) is 0 Å². The summed E-state index contributed by atoms with van der Waals surface area (Å²) in [6.45, 7) is 1.44. The first-order valence-corrected chi connectivity index (χ1v) is 10.0. The normalized spacial score (nSPS) is 27.5. The van der Waals surface area contributed by atoms with E-state index in [-0.39, 0.29) is 5.41 Å². The van der Waals surface area contributed by atoms with Gasteiger partial charge in [-0.1, -0.05) is 49.2 Å². The first kappa shape index (κ1) is 17.6. The summed E-state index contributed by atoms with van der Waals surface area (Å²) < 4.78 is 0. The summed E-state index contributed by atoms with van der Waals surface area (Å²) in [5.41, 5.74) is 10.4. The fourth-order valence-corrected chi connectivity index (χ4v) is 5.30. The molecule has 2 atom stereocenters. The van der Waals surface area contributed by atoms with Crippen molar-refractivity contribution in [2.75, 3.05) is 11.9 Å². The van der Waals surface area contributed by atoms with E-state index in [9.17, 15) is 5.11 Å². The minimum Gasteiger partial charge on any atom is -0.389 e. The second-order valence-corrected chi connectivity index (χ2v) is 8.07. The monoisotopic (exact) mass is 350 g/mol. The van der Waals surface area contributed by atoms with Crippen molar-refractivity contribution in [1.29, 1.82) is 0 Å². The SMILES string of the molecule is NCC[C@]12CCCC[C@@]1(O)CCc1ccc(NCc3ccccc3)cc12. The van der Waals surface area contributed by atoms with E-state index in [4.69, 9.17) is 5.73 Å². The predicted molar refractivity (Wildman–Crippen MR) is 107 cm³/mol. The minimum absolute atomic E-state index is 0.169. The van der Waals surface area contributed by atoms with Crippen molar-refractivity contribution in [3.8, 4) is 0 Å². The van der Waals surface area contributed by atoms with Gasteiger partial charge in [0.05, 0.1) is 5.60 Å². The lowest BCUT2D eigenvalue weighted by Gasteiger charge is -2.55. The van der Waals surface area contributed by atoms with Gasteiger partial charge in [-0.05, 0) is 67.5 Å². The molecule has 26 heavy (non-hydrogen) atoms. The van der Waals surface area contributed by atoms with Crippen molar-refractivity contribution in [3.05, 3.63) is 65.2 Å². The molecule has 0 bridgehead atoms. The summed E-state index contributed by atoms with van der Waals surface area (Å²) in [5.74, 6) is 0. The molecule has 0 heterocycles. The molecule has 0 amide bonds.